The normalized spacial score (nSPS) is 15.8. The molecule has 0 fully saturated rings. The zero-order chi connectivity index (χ0) is 11.7. The number of amides is 1. The van der Waals surface area contributed by atoms with Crippen molar-refractivity contribution in [3.8, 4) is 5.75 Å². The molecule has 1 heterocycles. The van der Waals surface area contributed by atoms with Crippen LogP contribution in [0.15, 0.2) is 18.2 Å². The highest BCUT2D eigenvalue weighted by molar-refractivity contribution is 6.30. The van der Waals surface area contributed by atoms with Crippen molar-refractivity contribution in [2.75, 3.05) is 11.5 Å². The molecule has 0 radical (unpaired) electrons. The van der Waals surface area contributed by atoms with Crippen LogP contribution in [0.1, 0.15) is 20.3 Å². The molecule has 0 N–H and O–H groups in total. The molecule has 0 aliphatic carbocycles. The summed E-state index contributed by atoms with van der Waals surface area (Å²) >= 11 is 5.91. The van der Waals surface area contributed by atoms with Crippen molar-refractivity contribution in [3.63, 3.8) is 0 Å². The highest BCUT2D eigenvalue weighted by Crippen LogP contribution is 2.34. The number of fused-ring (bicyclic) bond motifs is 1. The van der Waals surface area contributed by atoms with E-state index in [0.29, 0.717) is 23.8 Å². The van der Waals surface area contributed by atoms with Gasteiger partial charge in [0.25, 0.3) is 0 Å². The molecule has 0 saturated heterocycles. The maximum absolute atomic E-state index is 11.9. The highest BCUT2D eigenvalue weighted by Gasteiger charge is 2.25. The van der Waals surface area contributed by atoms with E-state index in [2.05, 4.69) is 0 Å². The Morgan fingerprint density at radius 2 is 2.19 bits per heavy atom. The minimum atomic E-state index is 0.0936. The number of hydrogen-bond donors (Lipinski definition) is 0. The number of ether oxygens (including phenoxy) is 1. The smallest absolute Gasteiger partial charge is 0.230 e. The second-order valence-electron chi connectivity index (χ2n) is 4.07. The summed E-state index contributed by atoms with van der Waals surface area (Å²) in [6, 6.07) is 5.48. The number of hydrogen-bond acceptors (Lipinski definition) is 2. The molecule has 1 aromatic carbocycles. The Balaban J connectivity index is 2.50. The van der Waals surface area contributed by atoms with E-state index in [1.807, 2.05) is 19.9 Å². The molecular weight excluding hydrogens is 226 g/mol. The molecule has 16 heavy (non-hydrogen) atoms. The minimum Gasteiger partial charge on any atom is -0.491 e. The van der Waals surface area contributed by atoms with E-state index in [-0.39, 0.29) is 11.9 Å². The molecule has 1 aliphatic heterocycles. The van der Waals surface area contributed by atoms with Gasteiger partial charge in [-0.3, -0.25) is 4.79 Å². The zero-order valence-electron chi connectivity index (χ0n) is 9.37. The number of nitrogens with zero attached hydrogens (tertiary/aromatic N) is 1. The van der Waals surface area contributed by atoms with Crippen molar-refractivity contribution in [1.29, 1.82) is 0 Å². The molecule has 86 valence electrons. The van der Waals surface area contributed by atoms with E-state index >= 15 is 0 Å². The van der Waals surface area contributed by atoms with Crippen LogP contribution in [0.4, 0.5) is 5.69 Å². The first-order valence-electron chi connectivity index (χ1n) is 5.34. The van der Waals surface area contributed by atoms with E-state index < -0.39 is 0 Å². The van der Waals surface area contributed by atoms with Crippen LogP contribution in [0.2, 0.25) is 5.02 Å². The topological polar surface area (TPSA) is 29.5 Å². The van der Waals surface area contributed by atoms with Crippen LogP contribution >= 0.6 is 11.6 Å². The van der Waals surface area contributed by atoms with Crippen molar-refractivity contribution in [2.45, 2.75) is 26.3 Å². The van der Waals surface area contributed by atoms with Gasteiger partial charge in [-0.25, -0.2) is 0 Å². The quantitative estimate of drug-likeness (QED) is 0.754. The van der Waals surface area contributed by atoms with Crippen LogP contribution in [-0.4, -0.2) is 18.6 Å². The van der Waals surface area contributed by atoms with E-state index in [1.165, 1.54) is 0 Å². The van der Waals surface area contributed by atoms with Gasteiger partial charge in [0, 0.05) is 17.1 Å². The summed E-state index contributed by atoms with van der Waals surface area (Å²) in [4.78, 5) is 13.7. The van der Waals surface area contributed by atoms with E-state index in [0.717, 1.165) is 5.69 Å². The minimum absolute atomic E-state index is 0.0936. The molecule has 1 aliphatic rings. The molecular formula is C12H14ClNO2. The van der Waals surface area contributed by atoms with Crippen LogP contribution in [-0.2, 0) is 4.79 Å². The first-order chi connectivity index (χ1) is 7.59. The van der Waals surface area contributed by atoms with Gasteiger partial charge in [-0.1, -0.05) is 11.6 Å². The van der Waals surface area contributed by atoms with Crippen molar-refractivity contribution < 1.29 is 9.53 Å². The molecule has 2 rings (SSSR count). The molecule has 0 aromatic heterocycles. The molecule has 1 aromatic rings. The second-order valence-corrected chi connectivity index (χ2v) is 4.50. The van der Waals surface area contributed by atoms with Gasteiger partial charge >= 0.3 is 0 Å². The van der Waals surface area contributed by atoms with E-state index in [9.17, 15) is 4.79 Å². The van der Waals surface area contributed by atoms with Crippen LogP contribution in [0, 0.1) is 0 Å². The maximum Gasteiger partial charge on any atom is 0.230 e. The summed E-state index contributed by atoms with van der Waals surface area (Å²) in [6.45, 7) is 4.39. The third kappa shape index (κ3) is 2.00. The first-order valence-corrected chi connectivity index (χ1v) is 5.72. The molecule has 1 amide bonds. The average Bonchev–Trinajstić information content (AvgIpc) is 2.35. The van der Waals surface area contributed by atoms with Gasteiger partial charge in [0.1, 0.15) is 5.75 Å². The zero-order valence-corrected chi connectivity index (χ0v) is 10.1. The summed E-state index contributed by atoms with van der Waals surface area (Å²) in [7, 11) is 0. The predicted molar refractivity (Wildman–Crippen MR) is 64.2 cm³/mol. The average molecular weight is 240 g/mol. The lowest BCUT2D eigenvalue weighted by atomic mass is 10.2. The third-order valence-electron chi connectivity index (χ3n) is 2.54. The van der Waals surface area contributed by atoms with Crippen LogP contribution in [0.5, 0.6) is 5.75 Å². The predicted octanol–water partition coefficient (Wildman–Crippen LogP) is 2.86. The third-order valence-corrected chi connectivity index (χ3v) is 2.78. The number of rotatable bonds is 1. The Kier molecular flexibility index (Phi) is 3.06. The monoisotopic (exact) mass is 239 g/mol. The van der Waals surface area contributed by atoms with Crippen LogP contribution < -0.4 is 9.64 Å². The summed E-state index contributed by atoms with van der Waals surface area (Å²) < 4.78 is 5.53. The molecule has 0 bridgehead atoms. The molecule has 0 saturated carbocycles. The van der Waals surface area contributed by atoms with Crippen LogP contribution in [0.25, 0.3) is 0 Å². The number of halogens is 1. The number of anilines is 1. The van der Waals surface area contributed by atoms with E-state index in [4.69, 9.17) is 16.3 Å². The lowest BCUT2D eigenvalue weighted by Gasteiger charge is -2.25. The van der Waals surface area contributed by atoms with Gasteiger partial charge in [0.2, 0.25) is 5.91 Å². The van der Waals surface area contributed by atoms with Gasteiger partial charge in [-0.2, -0.15) is 0 Å². The summed E-state index contributed by atoms with van der Waals surface area (Å²) in [6.07, 6.45) is 0.407. The van der Waals surface area contributed by atoms with Gasteiger partial charge in [-0.15, -0.1) is 0 Å². The van der Waals surface area contributed by atoms with Crippen molar-refractivity contribution in [2.24, 2.45) is 0 Å². The Hall–Kier alpha value is -1.22. The van der Waals surface area contributed by atoms with Crippen molar-refractivity contribution >= 4 is 23.2 Å². The van der Waals surface area contributed by atoms with Gasteiger partial charge in [-0.05, 0) is 26.0 Å². The van der Waals surface area contributed by atoms with E-state index in [1.54, 1.807) is 17.0 Å². The van der Waals surface area contributed by atoms with Gasteiger partial charge < -0.3 is 9.64 Å². The van der Waals surface area contributed by atoms with Crippen molar-refractivity contribution in [3.05, 3.63) is 23.2 Å². The first kappa shape index (κ1) is 11.3. The number of carbonyl (C=O) groups excluding carboxylic acids is 1. The molecule has 0 unspecified atom stereocenters. The Morgan fingerprint density at radius 1 is 1.44 bits per heavy atom. The SMILES string of the molecule is CC(C)N1C(=O)CCOc2cc(Cl)ccc21. The lowest BCUT2D eigenvalue weighted by molar-refractivity contribution is -0.119. The fourth-order valence-corrected chi connectivity index (χ4v) is 2.03. The summed E-state index contributed by atoms with van der Waals surface area (Å²) in [5, 5.41) is 0.622. The maximum atomic E-state index is 11.9. The molecule has 0 atom stereocenters. The number of carbonyl (C=O) groups is 1. The molecule has 0 spiro atoms. The Morgan fingerprint density at radius 3 is 2.88 bits per heavy atom. The Labute approximate surface area is 100.0 Å². The van der Waals surface area contributed by atoms with Crippen molar-refractivity contribution in [1.82, 2.24) is 0 Å². The fourth-order valence-electron chi connectivity index (χ4n) is 1.87. The lowest BCUT2D eigenvalue weighted by Crippen LogP contribution is -2.36. The molecule has 4 heteroatoms. The van der Waals surface area contributed by atoms with Crippen LogP contribution in [0.3, 0.4) is 0 Å². The Bertz CT molecular complexity index is 417. The largest absolute Gasteiger partial charge is 0.491 e. The second kappa shape index (κ2) is 4.34. The fraction of sp³-hybridized carbons (Fsp3) is 0.417. The highest BCUT2D eigenvalue weighted by atomic mass is 35.5. The van der Waals surface area contributed by atoms with Gasteiger partial charge in [0.05, 0.1) is 18.7 Å². The standard InChI is InChI=1S/C12H14ClNO2/c1-8(2)14-10-4-3-9(13)7-11(10)16-6-5-12(14)15/h3-4,7-8H,5-6H2,1-2H3. The number of benzene rings is 1. The summed E-state index contributed by atoms with van der Waals surface area (Å²) in [5.41, 5.74) is 0.807. The summed E-state index contributed by atoms with van der Waals surface area (Å²) in [5.74, 6) is 0.781. The molecule has 3 nitrogen and oxygen atoms in total. The van der Waals surface area contributed by atoms with Gasteiger partial charge in [0.15, 0.2) is 0 Å².